The van der Waals surface area contributed by atoms with E-state index in [-0.39, 0.29) is 75.8 Å². The molecular weight excluding hydrogens is 385 g/mol. The third-order valence-electron chi connectivity index (χ3n) is 3.20. The summed E-state index contributed by atoms with van der Waals surface area (Å²) in [4.78, 5) is 29.9. The first-order chi connectivity index (χ1) is 11.3. The molecule has 4 N–H and O–H groups in total. The second-order valence-electron chi connectivity index (χ2n) is 4.87. The van der Waals surface area contributed by atoms with Crippen LogP contribution in [0.4, 0.5) is 0 Å². The Labute approximate surface area is 191 Å². The van der Waals surface area contributed by atoms with E-state index in [0.29, 0.717) is 5.56 Å². The van der Waals surface area contributed by atoms with Crippen LogP contribution < -0.4 is 69.1 Å². The van der Waals surface area contributed by atoms with Crippen LogP contribution in [0.15, 0.2) is 51.7 Å². The van der Waals surface area contributed by atoms with Gasteiger partial charge in [-0.25, -0.2) is 4.57 Å². The normalized spacial score (nSPS) is 10.7. The predicted octanol–water partition coefficient (Wildman–Crippen LogP) is -3.65. The number of phenols is 2. The van der Waals surface area contributed by atoms with Crippen LogP contribution in [0.1, 0.15) is 0 Å². The molecule has 2 aromatic carbocycles. The zero-order valence-electron chi connectivity index (χ0n) is 13.9. The molecule has 0 fully saturated rings. The van der Waals surface area contributed by atoms with Crippen molar-refractivity contribution in [3.8, 4) is 28.6 Å². The van der Waals surface area contributed by atoms with Gasteiger partial charge in [-0.3, -0.25) is 14.6 Å². The Kier molecular flexibility index (Phi) is 7.98. The van der Waals surface area contributed by atoms with Crippen molar-refractivity contribution in [1.82, 2.24) is 0 Å². The predicted molar refractivity (Wildman–Crippen MR) is 83.9 cm³/mol. The van der Waals surface area contributed by atoms with E-state index >= 15 is 0 Å². The summed E-state index contributed by atoms with van der Waals surface area (Å²) in [6, 6.07) is 10.7. The fraction of sp³-hybridized carbons (Fsp3) is 0. The van der Waals surface area contributed by atoms with E-state index < -0.39 is 30.5 Å². The van der Waals surface area contributed by atoms with Crippen molar-refractivity contribution in [1.29, 1.82) is 0 Å². The van der Waals surface area contributed by atoms with Gasteiger partial charge in [0.05, 0.1) is 0 Å². The standard InChI is InChI=1S/C15H11O8P.2Na/c16-9-6-11(8-4-2-1-3-5-8)22-12-7-10(17)15(14(18)13(9)12)23-24(19,20)21;;/h1-7,17-18H,(H2,19,20,21);;/q;2*+1. The SMILES string of the molecule is O=c1cc(-c2ccccc2)oc2cc(O)c(OP(=O)(O)O)c(O)c12.[Na+].[Na+]. The van der Waals surface area contributed by atoms with Gasteiger partial charge in [-0.15, -0.1) is 0 Å². The first-order valence-electron chi connectivity index (χ1n) is 6.59. The molecule has 0 bridgehead atoms. The Hall–Kier alpha value is -0.800. The summed E-state index contributed by atoms with van der Waals surface area (Å²) in [6.07, 6.45) is 0. The Balaban J connectivity index is 0.00000169. The maximum absolute atomic E-state index is 12.3. The topological polar surface area (TPSA) is 137 Å². The minimum atomic E-state index is -5.04. The Morgan fingerprint density at radius 3 is 2.19 bits per heavy atom. The van der Waals surface area contributed by atoms with Crippen molar-refractivity contribution in [3.63, 3.8) is 0 Å². The third-order valence-corrected chi connectivity index (χ3v) is 3.62. The Morgan fingerprint density at radius 2 is 1.62 bits per heavy atom. The molecule has 3 rings (SSSR count). The largest absolute Gasteiger partial charge is 1.00 e. The van der Waals surface area contributed by atoms with E-state index in [9.17, 15) is 19.6 Å². The average molecular weight is 396 g/mol. The Morgan fingerprint density at radius 1 is 1.00 bits per heavy atom. The summed E-state index contributed by atoms with van der Waals surface area (Å²) < 4.78 is 20.6. The van der Waals surface area contributed by atoms with Crippen LogP contribution >= 0.6 is 7.82 Å². The molecule has 8 nitrogen and oxygen atoms in total. The number of benzene rings is 2. The van der Waals surface area contributed by atoms with E-state index in [1.54, 1.807) is 30.3 Å². The minimum absolute atomic E-state index is 0. The van der Waals surface area contributed by atoms with E-state index in [1.807, 2.05) is 0 Å². The number of phenolic OH excluding ortho intramolecular Hbond substituents is 2. The van der Waals surface area contributed by atoms with Crippen LogP contribution in [0.2, 0.25) is 0 Å². The maximum Gasteiger partial charge on any atom is 1.00 e. The van der Waals surface area contributed by atoms with Crippen molar-refractivity contribution in [3.05, 3.63) is 52.7 Å². The first kappa shape index (κ1) is 23.2. The molecule has 3 aromatic rings. The summed E-state index contributed by atoms with van der Waals surface area (Å²) in [5, 5.41) is 19.5. The van der Waals surface area contributed by atoms with Gasteiger partial charge in [-0.2, -0.15) is 0 Å². The van der Waals surface area contributed by atoms with Gasteiger partial charge in [0.25, 0.3) is 0 Å². The molecule has 0 atom stereocenters. The van der Waals surface area contributed by atoms with Crippen molar-refractivity contribution >= 4 is 18.8 Å². The molecule has 1 heterocycles. The smallest absolute Gasteiger partial charge is 0.504 e. The summed E-state index contributed by atoms with van der Waals surface area (Å²) >= 11 is 0. The number of phosphoric acid groups is 1. The van der Waals surface area contributed by atoms with E-state index in [1.165, 1.54) is 0 Å². The van der Waals surface area contributed by atoms with E-state index in [4.69, 9.17) is 14.2 Å². The summed E-state index contributed by atoms with van der Waals surface area (Å²) in [5.74, 6) is -2.38. The second kappa shape index (κ2) is 8.93. The van der Waals surface area contributed by atoms with Crippen LogP contribution in [-0.2, 0) is 4.57 Å². The monoisotopic (exact) mass is 396 g/mol. The van der Waals surface area contributed by atoms with Gasteiger partial charge in [-0.1, -0.05) is 30.3 Å². The molecule has 0 saturated carbocycles. The number of aromatic hydroxyl groups is 2. The number of hydrogen-bond acceptors (Lipinski definition) is 6. The van der Waals surface area contributed by atoms with Crippen molar-refractivity contribution < 1.29 is 92.6 Å². The minimum Gasteiger partial charge on any atom is -0.504 e. The molecule has 0 aliphatic rings. The number of phosphoric ester groups is 1. The van der Waals surface area contributed by atoms with E-state index in [2.05, 4.69) is 4.52 Å². The quantitative estimate of drug-likeness (QED) is 0.263. The Bertz CT molecular complexity index is 1030. The van der Waals surface area contributed by atoms with Crippen LogP contribution in [0, 0.1) is 0 Å². The van der Waals surface area contributed by atoms with E-state index in [0.717, 1.165) is 12.1 Å². The van der Waals surface area contributed by atoms with Crippen LogP contribution in [0.5, 0.6) is 17.2 Å². The molecule has 0 aliphatic heterocycles. The molecule has 26 heavy (non-hydrogen) atoms. The fourth-order valence-corrected chi connectivity index (χ4v) is 2.64. The molecule has 0 saturated heterocycles. The summed E-state index contributed by atoms with van der Waals surface area (Å²) in [5.41, 5.74) is -0.219. The zero-order valence-corrected chi connectivity index (χ0v) is 18.8. The summed E-state index contributed by atoms with van der Waals surface area (Å²) in [7, 11) is -5.04. The first-order valence-corrected chi connectivity index (χ1v) is 8.12. The summed E-state index contributed by atoms with van der Waals surface area (Å²) in [6.45, 7) is 0. The third kappa shape index (κ3) is 4.92. The molecule has 0 unspecified atom stereocenters. The molecule has 0 amide bonds. The van der Waals surface area contributed by atoms with Gasteiger partial charge in [0.2, 0.25) is 5.75 Å². The average Bonchev–Trinajstić information content (AvgIpc) is 2.50. The maximum atomic E-state index is 12.3. The number of hydrogen-bond donors (Lipinski definition) is 4. The molecule has 11 heteroatoms. The van der Waals surface area contributed by atoms with Gasteiger partial charge in [-0.05, 0) is 0 Å². The van der Waals surface area contributed by atoms with Gasteiger partial charge in [0.1, 0.15) is 16.7 Å². The zero-order chi connectivity index (χ0) is 17.5. The van der Waals surface area contributed by atoms with Crippen LogP contribution in [0.25, 0.3) is 22.3 Å². The molecule has 0 radical (unpaired) electrons. The van der Waals surface area contributed by atoms with Crippen LogP contribution in [-0.4, -0.2) is 20.0 Å². The van der Waals surface area contributed by atoms with Gasteiger partial charge in [0, 0.05) is 17.7 Å². The molecular formula is C15H11Na2O8P+2. The van der Waals surface area contributed by atoms with Gasteiger partial charge < -0.3 is 19.2 Å². The second-order valence-corrected chi connectivity index (χ2v) is 6.03. The van der Waals surface area contributed by atoms with Crippen molar-refractivity contribution in [2.24, 2.45) is 0 Å². The van der Waals surface area contributed by atoms with Crippen LogP contribution in [0.3, 0.4) is 0 Å². The number of rotatable bonds is 3. The number of fused-ring (bicyclic) bond motifs is 1. The van der Waals surface area contributed by atoms with Crippen molar-refractivity contribution in [2.75, 3.05) is 0 Å². The van der Waals surface area contributed by atoms with Gasteiger partial charge in [0.15, 0.2) is 16.9 Å². The molecule has 1 aromatic heterocycles. The molecule has 0 aliphatic carbocycles. The fourth-order valence-electron chi connectivity index (χ4n) is 2.22. The van der Waals surface area contributed by atoms with Crippen molar-refractivity contribution in [2.45, 2.75) is 0 Å². The molecule has 0 spiro atoms. The molecule has 124 valence electrons. The van der Waals surface area contributed by atoms with Gasteiger partial charge >= 0.3 is 66.9 Å².